The molecule has 0 saturated heterocycles. The quantitative estimate of drug-likeness (QED) is 0.748. The van der Waals surface area contributed by atoms with Crippen molar-refractivity contribution >= 4 is 21.7 Å². The van der Waals surface area contributed by atoms with E-state index >= 15 is 0 Å². The molecule has 0 bridgehead atoms. The SMILES string of the molecule is CC1C(=O)CCC1c1cccc(Br)c1. The maximum atomic E-state index is 11.4. The van der Waals surface area contributed by atoms with Crippen LogP contribution in [0.4, 0.5) is 0 Å². The minimum absolute atomic E-state index is 0.198. The highest BCUT2D eigenvalue weighted by molar-refractivity contribution is 9.10. The summed E-state index contributed by atoms with van der Waals surface area (Å²) in [5, 5.41) is 0. The van der Waals surface area contributed by atoms with E-state index in [9.17, 15) is 4.79 Å². The van der Waals surface area contributed by atoms with Crippen molar-refractivity contribution in [3.8, 4) is 0 Å². The molecule has 0 heterocycles. The third kappa shape index (κ3) is 1.76. The first kappa shape index (κ1) is 9.91. The first-order valence-electron chi connectivity index (χ1n) is 4.96. The molecule has 2 atom stereocenters. The lowest BCUT2D eigenvalue weighted by molar-refractivity contribution is -0.120. The van der Waals surface area contributed by atoms with Crippen molar-refractivity contribution in [1.29, 1.82) is 0 Å². The fraction of sp³-hybridized carbons (Fsp3) is 0.417. The molecule has 1 fully saturated rings. The lowest BCUT2D eigenvalue weighted by atomic mass is 9.90. The van der Waals surface area contributed by atoms with Gasteiger partial charge < -0.3 is 0 Å². The van der Waals surface area contributed by atoms with Gasteiger partial charge in [0, 0.05) is 16.8 Å². The molecule has 2 unspecified atom stereocenters. The number of ketones is 1. The van der Waals surface area contributed by atoms with E-state index in [0.717, 1.165) is 17.3 Å². The molecule has 0 N–H and O–H groups in total. The molecule has 1 aliphatic rings. The number of benzene rings is 1. The first-order chi connectivity index (χ1) is 6.68. The van der Waals surface area contributed by atoms with E-state index in [1.165, 1.54) is 5.56 Å². The van der Waals surface area contributed by atoms with Gasteiger partial charge in [0.2, 0.25) is 0 Å². The first-order valence-corrected chi connectivity index (χ1v) is 5.76. The Bertz CT molecular complexity index is 359. The summed E-state index contributed by atoms with van der Waals surface area (Å²) < 4.78 is 1.10. The van der Waals surface area contributed by atoms with Crippen LogP contribution in [0, 0.1) is 5.92 Å². The zero-order chi connectivity index (χ0) is 10.1. The molecule has 1 aromatic rings. The highest BCUT2D eigenvalue weighted by Crippen LogP contribution is 2.37. The van der Waals surface area contributed by atoms with Gasteiger partial charge in [-0.15, -0.1) is 0 Å². The zero-order valence-electron chi connectivity index (χ0n) is 8.16. The van der Waals surface area contributed by atoms with Gasteiger partial charge in [-0.1, -0.05) is 35.0 Å². The summed E-state index contributed by atoms with van der Waals surface area (Å²) in [6.45, 7) is 2.04. The van der Waals surface area contributed by atoms with E-state index in [0.29, 0.717) is 11.7 Å². The van der Waals surface area contributed by atoms with Crippen LogP contribution in [0.5, 0.6) is 0 Å². The Kier molecular flexibility index (Phi) is 2.73. The van der Waals surface area contributed by atoms with E-state index in [1.807, 2.05) is 19.1 Å². The van der Waals surface area contributed by atoms with Crippen molar-refractivity contribution in [2.24, 2.45) is 5.92 Å². The predicted octanol–water partition coefficient (Wildman–Crippen LogP) is 3.53. The highest BCUT2D eigenvalue weighted by atomic mass is 79.9. The second kappa shape index (κ2) is 3.85. The lowest BCUT2D eigenvalue weighted by Gasteiger charge is -2.14. The molecule has 1 aromatic carbocycles. The van der Waals surface area contributed by atoms with Gasteiger partial charge in [0.05, 0.1) is 0 Å². The van der Waals surface area contributed by atoms with Crippen molar-refractivity contribution in [2.45, 2.75) is 25.7 Å². The number of carbonyl (C=O) groups is 1. The van der Waals surface area contributed by atoms with Crippen molar-refractivity contribution in [1.82, 2.24) is 0 Å². The molecule has 14 heavy (non-hydrogen) atoms. The number of rotatable bonds is 1. The molecule has 1 saturated carbocycles. The summed E-state index contributed by atoms with van der Waals surface area (Å²) in [6, 6.07) is 8.30. The van der Waals surface area contributed by atoms with E-state index in [1.54, 1.807) is 0 Å². The van der Waals surface area contributed by atoms with Gasteiger partial charge in [-0.2, -0.15) is 0 Å². The molecule has 1 nitrogen and oxygen atoms in total. The largest absolute Gasteiger partial charge is 0.299 e. The highest BCUT2D eigenvalue weighted by Gasteiger charge is 2.31. The molecule has 0 aromatic heterocycles. The number of carbonyl (C=O) groups excluding carboxylic acids is 1. The van der Waals surface area contributed by atoms with Crippen LogP contribution in [0.2, 0.25) is 0 Å². The Morgan fingerprint density at radius 1 is 1.43 bits per heavy atom. The third-order valence-corrected chi connectivity index (χ3v) is 3.58. The monoisotopic (exact) mass is 252 g/mol. The number of hydrogen-bond acceptors (Lipinski definition) is 1. The molecule has 0 aliphatic heterocycles. The molecule has 2 heteroatoms. The fourth-order valence-corrected chi connectivity index (χ4v) is 2.61. The van der Waals surface area contributed by atoms with E-state index in [4.69, 9.17) is 0 Å². The molecule has 2 rings (SSSR count). The average molecular weight is 253 g/mol. The lowest BCUT2D eigenvalue weighted by Crippen LogP contribution is -2.08. The van der Waals surface area contributed by atoms with Crippen molar-refractivity contribution in [2.75, 3.05) is 0 Å². The second-order valence-electron chi connectivity index (χ2n) is 3.96. The molecule has 0 radical (unpaired) electrons. The van der Waals surface area contributed by atoms with E-state index in [2.05, 4.69) is 28.1 Å². The topological polar surface area (TPSA) is 17.1 Å². The van der Waals surface area contributed by atoms with Crippen LogP contribution in [0.25, 0.3) is 0 Å². The van der Waals surface area contributed by atoms with Crippen LogP contribution < -0.4 is 0 Å². The van der Waals surface area contributed by atoms with E-state index in [-0.39, 0.29) is 5.92 Å². The molecule has 0 spiro atoms. The molecular weight excluding hydrogens is 240 g/mol. The van der Waals surface area contributed by atoms with Gasteiger partial charge in [-0.05, 0) is 30.0 Å². The van der Waals surface area contributed by atoms with Gasteiger partial charge in [0.1, 0.15) is 5.78 Å². The standard InChI is InChI=1S/C12H13BrO/c1-8-11(5-6-12(8)14)9-3-2-4-10(13)7-9/h2-4,7-8,11H,5-6H2,1H3. The third-order valence-electron chi connectivity index (χ3n) is 3.09. The Morgan fingerprint density at radius 3 is 2.79 bits per heavy atom. The predicted molar refractivity (Wildman–Crippen MR) is 60.3 cm³/mol. The number of Topliss-reactive ketones (excluding diaryl/α,β-unsaturated/α-hetero) is 1. The number of halogens is 1. The van der Waals surface area contributed by atoms with Gasteiger partial charge in [-0.3, -0.25) is 4.79 Å². The van der Waals surface area contributed by atoms with E-state index < -0.39 is 0 Å². The van der Waals surface area contributed by atoms with Crippen LogP contribution in [-0.2, 0) is 4.79 Å². The minimum Gasteiger partial charge on any atom is -0.299 e. The zero-order valence-corrected chi connectivity index (χ0v) is 9.75. The molecule has 0 amide bonds. The minimum atomic E-state index is 0.198. The second-order valence-corrected chi connectivity index (χ2v) is 4.87. The summed E-state index contributed by atoms with van der Waals surface area (Å²) in [4.78, 5) is 11.4. The molecule has 1 aliphatic carbocycles. The van der Waals surface area contributed by atoms with Crippen molar-refractivity contribution in [3.05, 3.63) is 34.3 Å². The van der Waals surface area contributed by atoms with Gasteiger partial charge >= 0.3 is 0 Å². The van der Waals surface area contributed by atoms with Gasteiger partial charge in [0.25, 0.3) is 0 Å². The van der Waals surface area contributed by atoms with Crippen LogP contribution in [0.15, 0.2) is 28.7 Å². The Labute approximate surface area is 92.6 Å². The van der Waals surface area contributed by atoms with Gasteiger partial charge in [0.15, 0.2) is 0 Å². The van der Waals surface area contributed by atoms with Crippen LogP contribution in [-0.4, -0.2) is 5.78 Å². The molecule has 74 valence electrons. The van der Waals surface area contributed by atoms with Crippen molar-refractivity contribution < 1.29 is 4.79 Å². The van der Waals surface area contributed by atoms with Gasteiger partial charge in [-0.25, -0.2) is 0 Å². The maximum absolute atomic E-state index is 11.4. The number of hydrogen-bond donors (Lipinski definition) is 0. The summed E-state index contributed by atoms with van der Waals surface area (Å²) in [7, 11) is 0. The fourth-order valence-electron chi connectivity index (χ4n) is 2.19. The maximum Gasteiger partial charge on any atom is 0.136 e. The van der Waals surface area contributed by atoms with Crippen molar-refractivity contribution in [3.63, 3.8) is 0 Å². The van der Waals surface area contributed by atoms with Crippen LogP contribution in [0.3, 0.4) is 0 Å². The van der Waals surface area contributed by atoms with Crippen LogP contribution in [0.1, 0.15) is 31.2 Å². The average Bonchev–Trinajstić information content (AvgIpc) is 2.48. The van der Waals surface area contributed by atoms with Crippen LogP contribution >= 0.6 is 15.9 Å². The normalized spacial score (nSPS) is 26.9. The summed E-state index contributed by atoms with van der Waals surface area (Å²) in [6.07, 6.45) is 1.76. The molecular formula is C12H13BrO. The summed E-state index contributed by atoms with van der Waals surface area (Å²) in [5.41, 5.74) is 1.29. The smallest absolute Gasteiger partial charge is 0.136 e. The summed E-state index contributed by atoms with van der Waals surface area (Å²) >= 11 is 3.46. The Balaban J connectivity index is 2.28. The Hall–Kier alpha value is -0.630. The Morgan fingerprint density at radius 2 is 2.21 bits per heavy atom. The summed E-state index contributed by atoms with van der Waals surface area (Å²) in [5.74, 6) is 1.04.